The Hall–Kier alpha value is -0.160. The van der Waals surface area contributed by atoms with Gasteiger partial charge in [0.25, 0.3) is 0 Å². The van der Waals surface area contributed by atoms with E-state index in [4.69, 9.17) is 14.2 Å². The molecule has 0 heterocycles. The van der Waals surface area contributed by atoms with Crippen LogP contribution in [0, 0.1) is 0 Å². The van der Waals surface area contributed by atoms with Crippen molar-refractivity contribution in [1.29, 1.82) is 0 Å². The van der Waals surface area contributed by atoms with Gasteiger partial charge in [-0.05, 0) is 12.8 Å². The predicted octanol–water partition coefficient (Wildman–Crippen LogP) is 1.17. The van der Waals surface area contributed by atoms with Crippen molar-refractivity contribution < 1.29 is 19.3 Å². The van der Waals surface area contributed by atoms with Crippen LogP contribution < -0.4 is 0 Å². The Bertz CT molecular complexity index is 108. The van der Waals surface area contributed by atoms with Crippen molar-refractivity contribution in [2.45, 2.75) is 32.5 Å². The SMILES string of the molecule is CCCC(O)OCCCOCCOC. The molecular weight excluding hydrogens is 184 g/mol. The molecule has 0 fully saturated rings. The van der Waals surface area contributed by atoms with Crippen LogP contribution in [0.5, 0.6) is 0 Å². The zero-order valence-corrected chi connectivity index (χ0v) is 9.20. The molecular formula is C10H22O4. The number of ether oxygens (including phenoxy) is 3. The second-order valence-corrected chi connectivity index (χ2v) is 3.07. The van der Waals surface area contributed by atoms with E-state index in [1.807, 2.05) is 6.92 Å². The van der Waals surface area contributed by atoms with Gasteiger partial charge in [-0.3, -0.25) is 0 Å². The van der Waals surface area contributed by atoms with Crippen LogP contribution in [0.4, 0.5) is 0 Å². The molecule has 0 saturated carbocycles. The summed E-state index contributed by atoms with van der Waals surface area (Å²) in [6.45, 7) is 4.46. The van der Waals surface area contributed by atoms with E-state index in [2.05, 4.69) is 0 Å². The predicted molar refractivity (Wildman–Crippen MR) is 54.2 cm³/mol. The Morgan fingerprint density at radius 1 is 1.14 bits per heavy atom. The molecule has 0 amide bonds. The van der Waals surface area contributed by atoms with Gasteiger partial charge in [-0.25, -0.2) is 0 Å². The molecule has 0 aromatic carbocycles. The summed E-state index contributed by atoms with van der Waals surface area (Å²) in [6.07, 6.45) is 1.83. The maximum absolute atomic E-state index is 9.21. The fraction of sp³-hybridized carbons (Fsp3) is 1.00. The molecule has 0 radical (unpaired) electrons. The van der Waals surface area contributed by atoms with Gasteiger partial charge in [-0.2, -0.15) is 0 Å². The fourth-order valence-electron chi connectivity index (χ4n) is 0.955. The summed E-state index contributed by atoms with van der Waals surface area (Å²) in [5.74, 6) is 0. The molecule has 0 saturated heterocycles. The topological polar surface area (TPSA) is 47.9 Å². The first kappa shape index (κ1) is 13.8. The van der Waals surface area contributed by atoms with E-state index in [9.17, 15) is 5.11 Å². The average Bonchev–Trinajstić information content (AvgIpc) is 2.17. The van der Waals surface area contributed by atoms with Crippen LogP contribution in [-0.2, 0) is 14.2 Å². The molecule has 0 bridgehead atoms. The van der Waals surface area contributed by atoms with Gasteiger partial charge in [0.15, 0.2) is 6.29 Å². The Balaban J connectivity index is 2.98. The summed E-state index contributed by atoms with van der Waals surface area (Å²) >= 11 is 0. The van der Waals surface area contributed by atoms with Gasteiger partial charge in [-0.15, -0.1) is 0 Å². The number of aliphatic hydroxyl groups excluding tert-OH is 1. The van der Waals surface area contributed by atoms with Crippen LogP contribution >= 0.6 is 0 Å². The molecule has 0 aliphatic rings. The molecule has 0 rings (SSSR count). The zero-order chi connectivity index (χ0) is 10.6. The summed E-state index contributed by atoms with van der Waals surface area (Å²) in [7, 11) is 1.65. The van der Waals surface area contributed by atoms with Gasteiger partial charge >= 0.3 is 0 Å². The van der Waals surface area contributed by atoms with Crippen LogP contribution in [-0.4, -0.2) is 44.9 Å². The first-order valence-electron chi connectivity index (χ1n) is 5.17. The highest BCUT2D eigenvalue weighted by Crippen LogP contribution is 1.98. The zero-order valence-electron chi connectivity index (χ0n) is 9.20. The quantitative estimate of drug-likeness (QED) is 0.430. The summed E-state index contributed by atoms with van der Waals surface area (Å²) in [6, 6.07) is 0. The normalized spacial score (nSPS) is 13.1. The number of hydrogen-bond donors (Lipinski definition) is 1. The van der Waals surface area contributed by atoms with E-state index < -0.39 is 6.29 Å². The molecule has 86 valence electrons. The highest BCUT2D eigenvalue weighted by molar-refractivity contribution is 4.41. The van der Waals surface area contributed by atoms with Crippen molar-refractivity contribution in [3.8, 4) is 0 Å². The largest absolute Gasteiger partial charge is 0.382 e. The standard InChI is InChI=1S/C10H22O4/c1-3-5-10(11)14-7-4-6-13-9-8-12-2/h10-11H,3-9H2,1-2H3. The van der Waals surface area contributed by atoms with Crippen molar-refractivity contribution in [1.82, 2.24) is 0 Å². The third-order valence-electron chi connectivity index (χ3n) is 1.71. The van der Waals surface area contributed by atoms with E-state index >= 15 is 0 Å². The third-order valence-corrected chi connectivity index (χ3v) is 1.71. The van der Waals surface area contributed by atoms with Crippen molar-refractivity contribution in [2.24, 2.45) is 0 Å². The minimum atomic E-state index is -0.612. The van der Waals surface area contributed by atoms with Gasteiger partial charge in [0.05, 0.1) is 19.8 Å². The van der Waals surface area contributed by atoms with E-state index in [-0.39, 0.29) is 0 Å². The van der Waals surface area contributed by atoms with Gasteiger partial charge in [-0.1, -0.05) is 13.3 Å². The van der Waals surface area contributed by atoms with Crippen LogP contribution in [0.2, 0.25) is 0 Å². The molecule has 0 aliphatic heterocycles. The first-order chi connectivity index (χ1) is 6.81. The Kier molecular flexibility index (Phi) is 10.8. The molecule has 1 unspecified atom stereocenters. The number of hydrogen-bond acceptors (Lipinski definition) is 4. The lowest BCUT2D eigenvalue weighted by atomic mass is 10.3. The molecule has 1 N–H and O–H groups in total. The van der Waals surface area contributed by atoms with Gasteiger partial charge in [0.1, 0.15) is 0 Å². The van der Waals surface area contributed by atoms with Crippen molar-refractivity contribution >= 4 is 0 Å². The summed E-state index contributed by atoms with van der Waals surface area (Å²) in [5.41, 5.74) is 0. The van der Waals surface area contributed by atoms with Crippen molar-refractivity contribution in [3.05, 3.63) is 0 Å². The molecule has 0 spiro atoms. The molecule has 0 aromatic heterocycles. The molecule has 4 nitrogen and oxygen atoms in total. The first-order valence-corrected chi connectivity index (χ1v) is 5.17. The highest BCUT2D eigenvalue weighted by atomic mass is 16.6. The summed E-state index contributed by atoms with van der Waals surface area (Å²) < 4.78 is 15.2. The van der Waals surface area contributed by atoms with Crippen molar-refractivity contribution in [2.75, 3.05) is 33.5 Å². The van der Waals surface area contributed by atoms with E-state index in [1.54, 1.807) is 7.11 Å². The van der Waals surface area contributed by atoms with Crippen molar-refractivity contribution in [3.63, 3.8) is 0 Å². The Morgan fingerprint density at radius 2 is 1.93 bits per heavy atom. The third kappa shape index (κ3) is 9.92. The lowest BCUT2D eigenvalue weighted by Crippen LogP contribution is -2.13. The van der Waals surface area contributed by atoms with Gasteiger partial charge < -0.3 is 19.3 Å². The van der Waals surface area contributed by atoms with Crippen LogP contribution in [0.15, 0.2) is 0 Å². The lowest BCUT2D eigenvalue weighted by Gasteiger charge is -2.10. The van der Waals surface area contributed by atoms with Crippen LogP contribution in [0.3, 0.4) is 0 Å². The maximum atomic E-state index is 9.21. The van der Waals surface area contributed by atoms with E-state index in [0.29, 0.717) is 32.8 Å². The molecule has 0 aromatic rings. The van der Waals surface area contributed by atoms with E-state index in [1.165, 1.54) is 0 Å². The Labute approximate surface area is 86.2 Å². The Morgan fingerprint density at radius 3 is 2.57 bits per heavy atom. The number of rotatable bonds is 10. The minimum Gasteiger partial charge on any atom is -0.382 e. The van der Waals surface area contributed by atoms with Crippen LogP contribution in [0.1, 0.15) is 26.2 Å². The highest BCUT2D eigenvalue weighted by Gasteiger charge is 2.00. The summed E-state index contributed by atoms with van der Waals surface area (Å²) in [4.78, 5) is 0. The van der Waals surface area contributed by atoms with Gasteiger partial charge in [0, 0.05) is 13.7 Å². The van der Waals surface area contributed by atoms with Crippen LogP contribution in [0.25, 0.3) is 0 Å². The van der Waals surface area contributed by atoms with Gasteiger partial charge in [0.2, 0.25) is 0 Å². The number of aliphatic hydroxyl groups is 1. The fourth-order valence-corrected chi connectivity index (χ4v) is 0.955. The lowest BCUT2D eigenvalue weighted by molar-refractivity contribution is -0.107. The smallest absolute Gasteiger partial charge is 0.154 e. The molecule has 4 heteroatoms. The average molecular weight is 206 g/mol. The molecule has 0 aliphatic carbocycles. The summed E-state index contributed by atoms with van der Waals surface area (Å²) in [5, 5.41) is 9.21. The second kappa shape index (κ2) is 10.9. The second-order valence-electron chi connectivity index (χ2n) is 3.07. The maximum Gasteiger partial charge on any atom is 0.154 e. The molecule has 14 heavy (non-hydrogen) atoms. The monoisotopic (exact) mass is 206 g/mol. The van der Waals surface area contributed by atoms with E-state index in [0.717, 1.165) is 12.8 Å². The minimum absolute atomic E-state index is 0.550. The molecule has 1 atom stereocenters. The number of methoxy groups -OCH3 is 1.